The van der Waals surface area contributed by atoms with Crippen molar-refractivity contribution in [2.24, 2.45) is 0 Å². The highest BCUT2D eigenvalue weighted by atomic mass is 35.5. The summed E-state index contributed by atoms with van der Waals surface area (Å²) in [5.41, 5.74) is 0.996. The number of hydrogen-bond acceptors (Lipinski definition) is 4. The van der Waals surface area contributed by atoms with Crippen molar-refractivity contribution < 1.29 is 9.15 Å². The summed E-state index contributed by atoms with van der Waals surface area (Å²) in [6, 6.07) is 12.4. The van der Waals surface area contributed by atoms with Crippen LogP contribution in [0.25, 0.3) is 11.0 Å². The van der Waals surface area contributed by atoms with E-state index in [0.717, 1.165) is 5.69 Å². The quantitative estimate of drug-likeness (QED) is 0.490. The maximum Gasteiger partial charge on any atom is 0.364 e. The predicted molar refractivity (Wildman–Crippen MR) is 77.3 cm³/mol. The molecule has 0 radical (unpaired) electrons. The highest BCUT2D eigenvalue weighted by molar-refractivity contribution is 6.31. The van der Waals surface area contributed by atoms with Gasteiger partial charge in [-0.15, -0.1) is 0 Å². The maximum absolute atomic E-state index is 12.0. The normalized spacial score (nSPS) is 12.2. The third-order valence-corrected chi connectivity index (χ3v) is 3.41. The topological polar surface area (TPSA) is 51.5 Å². The van der Waals surface area contributed by atoms with Crippen molar-refractivity contribution in [1.82, 2.24) is 0 Å². The fourth-order valence-electron chi connectivity index (χ4n) is 2.26. The summed E-state index contributed by atoms with van der Waals surface area (Å²) in [5.74, 6) is 1.10. The lowest BCUT2D eigenvalue weighted by molar-refractivity contribution is 0.473. The third kappa shape index (κ3) is 1.58. The van der Waals surface area contributed by atoms with E-state index >= 15 is 0 Å². The van der Waals surface area contributed by atoms with Gasteiger partial charge in [0.05, 0.1) is 11.1 Å². The Balaban J connectivity index is 2.05. The lowest BCUT2D eigenvalue weighted by atomic mass is 10.1. The Kier molecular flexibility index (Phi) is 2.28. The predicted octanol–water partition coefficient (Wildman–Crippen LogP) is 4.30. The summed E-state index contributed by atoms with van der Waals surface area (Å²) in [6.45, 7) is 0. The average molecular weight is 286 g/mol. The zero-order chi connectivity index (χ0) is 13.7. The van der Waals surface area contributed by atoms with E-state index in [2.05, 4.69) is 5.32 Å². The Morgan fingerprint density at radius 2 is 1.95 bits per heavy atom. The Morgan fingerprint density at radius 3 is 2.85 bits per heavy atom. The Labute approximate surface area is 118 Å². The number of para-hydroxylation sites is 2. The molecule has 0 aliphatic carbocycles. The Bertz CT molecular complexity index is 901. The van der Waals surface area contributed by atoms with Gasteiger partial charge in [0.25, 0.3) is 0 Å². The van der Waals surface area contributed by atoms with E-state index in [-0.39, 0.29) is 0 Å². The van der Waals surface area contributed by atoms with Gasteiger partial charge in [-0.05, 0) is 30.3 Å². The molecule has 4 rings (SSSR count). The molecule has 98 valence electrons. The summed E-state index contributed by atoms with van der Waals surface area (Å²) in [5, 5.41) is 4.26. The van der Waals surface area contributed by atoms with Crippen molar-refractivity contribution in [2.75, 3.05) is 5.32 Å². The number of nitrogens with one attached hydrogen (secondary N) is 1. The number of benzene rings is 2. The maximum atomic E-state index is 12.0. The summed E-state index contributed by atoms with van der Waals surface area (Å²) in [4.78, 5) is 12.0. The van der Waals surface area contributed by atoms with Gasteiger partial charge in [0, 0.05) is 5.02 Å². The fraction of sp³-hybridized carbons (Fsp3) is 0. The van der Waals surface area contributed by atoms with Gasteiger partial charge in [0.15, 0.2) is 17.2 Å². The molecule has 5 heteroatoms. The molecular weight excluding hydrogens is 278 g/mol. The number of fused-ring (bicyclic) bond motifs is 4. The molecule has 1 aliphatic heterocycles. The van der Waals surface area contributed by atoms with Gasteiger partial charge in [0.1, 0.15) is 5.58 Å². The first-order valence-corrected chi connectivity index (χ1v) is 6.40. The first-order valence-electron chi connectivity index (χ1n) is 6.02. The van der Waals surface area contributed by atoms with Gasteiger partial charge in [-0.3, -0.25) is 0 Å². The van der Waals surface area contributed by atoms with Crippen molar-refractivity contribution >= 4 is 33.9 Å². The molecule has 0 saturated heterocycles. The number of ether oxygens (including phenoxy) is 1. The first-order chi connectivity index (χ1) is 9.72. The van der Waals surface area contributed by atoms with Gasteiger partial charge in [-0.25, -0.2) is 4.79 Å². The summed E-state index contributed by atoms with van der Waals surface area (Å²) < 4.78 is 11.1. The SMILES string of the molecule is O=c1oc2ccc(Cl)cc2c2c1Nc1ccccc1O2. The minimum absolute atomic E-state index is 0.290. The lowest BCUT2D eigenvalue weighted by Crippen LogP contribution is -2.13. The molecule has 2 aromatic carbocycles. The fourth-order valence-corrected chi connectivity index (χ4v) is 2.44. The van der Waals surface area contributed by atoms with Crippen molar-refractivity contribution in [3.63, 3.8) is 0 Å². The van der Waals surface area contributed by atoms with Gasteiger partial charge in [-0.1, -0.05) is 23.7 Å². The van der Waals surface area contributed by atoms with Crippen LogP contribution >= 0.6 is 11.6 Å². The molecule has 2 heterocycles. The second-order valence-electron chi connectivity index (χ2n) is 4.46. The molecule has 0 bridgehead atoms. The molecular formula is C15H8ClNO3. The van der Waals surface area contributed by atoms with Crippen LogP contribution in [0, 0.1) is 0 Å². The largest absolute Gasteiger partial charge is 0.452 e. The van der Waals surface area contributed by atoms with E-state index in [9.17, 15) is 4.79 Å². The molecule has 1 aliphatic rings. The molecule has 1 aromatic heterocycles. The zero-order valence-corrected chi connectivity index (χ0v) is 10.9. The van der Waals surface area contributed by atoms with E-state index in [1.165, 1.54) is 0 Å². The van der Waals surface area contributed by atoms with Crippen LogP contribution in [-0.2, 0) is 0 Å². The average Bonchev–Trinajstić information content (AvgIpc) is 2.47. The summed E-state index contributed by atoms with van der Waals surface area (Å²) in [6.07, 6.45) is 0. The van der Waals surface area contributed by atoms with Crippen molar-refractivity contribution in [3.05, 3.63) is 57.9 Å². The second-order valence-corrected chi connectivity index (χ2v) is 4.89. The number of rotatable bonds is 0. The molecule has 0 unspecified atom stereocenters. The number of anilines is 2. The van der Waals surface area contributed by atoms with Crippen LogP contribution < -0.4 is 15.7 Å². The Hall–Kier alpha value is -2.46. The van der Waals surface area contributed by atoms with Crippen LogP contribution in [0.2, 0.25) is 5.02 Å². The van der Waals surface area contributed by atoms with E-state index in [1.807, 2.05) is 24.3 Å². The monoisotopic (exact) mass is 285 g/mol. The van der Waals surface area contributed by atoms with Crippen molar-refractivity contribution in [1.29, 1.82) is 0 Å². The molecule has 0 fully saturated rings. The number of hydrogen-bond donors (Lipinski definition) is 1. The highest BCUT2D eigenvalue weighted by Gasteiger charge is 2.23. The molecule has 4 nitrogen and oxygen atoms in total. The van der Waals surface area contributed by atoms with Crippen LogP contribution in [0.15, 0.2) is 51.7 Å². The number of halogens is 1. The highest BCUT2D eigenvalue weighted by Crippen LogP contribution is 2.43. The standard InChI is InChI=1S/C15H8ClNO3/c16-8-5-6-11-9(7-8)14-13(15(18)20-11)17-10-3-1-2-4-12(10)19-14/h1-7,17H. The Morgan fingerprint density at radius 1 is 1.10 bits per heavy atom. The van der Waals surface area contributed by atoms with Crippen molar-refractivity contribution in [2.45, 2.75) is 0 Å². The molecule has 0 amide bonds. The van der Waals surface area contributed by atoms with Crippen LogP contribution in [0.5, 0.6) is 11.5 Å². The van der Waals surface area contributed by atoms with Crippen LogP contribution in [0.3, 0.4) is 0 Å². The minimum Gasteiger partial charge on any atom is -0.452 e. The molecule has 0 atom stereocenters. The zero-order valence-electron chi connectivity index (χ0n) is 10.1. The van der Waals surface area contributed by atoms with Crippen LogP contribution in [0.1, 0.15) is 0 Å². The van der Waals surface area contributed by atoms with E-state index < -0.39 is 5.63 Å². The van der Waals surface area contributed by atoms with Gasteiger partial charge < -0.3 is 14.5 Å². The van der Waals surface area contributed by atoms with Crippen molar-refractivity contribution in [3.8, 4) is 11.5 Å². The molecule has 1 N–H and O–H groups in total. The van der Waals surface area contributed by atoms with E-state index in [0.29, 0.717) is 33.2 Å². The molecule has 20 heavy (non-hydrogen) atoms. The first kappa shape index (κ1) is 11.4. The van der Waals surface area contributed by atoms with Crippen LogP contribution in [-0.4, -0.2) is 0 Å². The van der Waals surface area contributed by atoms with Gasteiger partial charge in [-0.2, -0.15) is 0 Å². The lowest BCUT2D eigenvalue weighted by Gasteiger charge is -2.21. The van der Waals surface area contributed by atoms with E-state index in [1.54, 1.807) is 18.2 Å². The van der Waals surface area contributed by atoms with Gasteiger partial charge in [0.2, 0.25) is 0 Å². The molecule has 0 saturated carbocycles. The summed E-state index contributed by atoms with van der Waals surface area (Å²) in [7, 11) is 0. The molecule has 0 spiro atoms. The third-order valence-electron chi connectivity index (χ3n) is 3.18. The summed E-state index contributed by atoms with van der Waals surface area (Å²) >= 11 is 6.01. The van der Waals surface area contributed by atoms with Crippen LogP contribution in [0.4, 0.5) is 11.4 Å². The smallest absolute Gasteiger partial charge is 0.364 e. The minimum atomic E-state index is -0.468. The van der Waals surface area contributed by atoms with Gasteiger partial charge >= 0.3 is 5.63 Å². The van der Waals surface area contributed by atoms with E-state index in [4.69, 9.17) is 20.8 Å². The molecule has 3 aromatic rings. The second kappa shape index (κ2) is 4.02.